The van der Waals surface area contributed by atoms with Crippen LogP contribution in [-0.2, 0) is 0 Å². The van der Waals surface area contributed by atoms with Gasteiger partial charge in [-0.25, -0.2) is 9.71 Å². The van der Waals surface area contributed by atoms with Crippen molar-refractivity contribution >= 4 is 11.0 Å². The fourth-order valence-corrected chi connectivity index (χ4v) is 2.76. The molecule has 0 N–H and O–H groups in total. The van der Waals surface area contributed by atoms with Crippen LogP contribution in [0.1, 0.15) is 30.1 Å². The molecule has 0 spiro atoms. The van der Waals surface area contributed by atoms with E-state index in [1.54, 1.807) is 0 Å². The summed E-state index contributed by atoms with van der Waals surface area (Å²) < 4.78 is 18.8. The Hall–Kier alpha value is -1.35. The highest BCUT2D eigenvalue weighted by Gasteiger charge is 2.22. The molecule has 0 amide bonds. The van der Waals surface area contributed by atoms with Crippen LogP contribution in [0, 0.1) is 12.7 Å². The number of furan rings is 1. The average Bonchev–Trinajstić information content (AvgIpc) is 2.65. The van der Waals surface area contributed by atoms with Gasteiger partial charge in [0.25, 0.3) is 0 Å². The summed E-state index contributed by atoms with van der Waals surface area (Å²) in [5.74, 6) is 1.20. The number of hydrogen-bond donors (Lipinski definition) is 0. The predicted octanol–water partition coefficient (Wildman–Crippen LogP) is 3.36. The number of halogens is 1. The molecule has 1 fully saturated rings. The van der Waals surface area contributed by atoms with Crippen molar-refractivity contribution in [2.75, 3.05) is 13.1 Å². The third kappa shape index (κ3) is 1.84. The van der Waals surface area contributed by atoms with E-state index in [2.05, 4.69) is 5.32 Å². The molecule has 1 radical (unpaired) electrons. The molecule has 2 heterocycles. The first-order valence-electron chi connectivity index (χ1n) is 6.07. The molecule has 2 aromatic rings. The number of rotatable bonds is 1. The molecular formula is C14H15FNO. The van der Waals surface area contributed by atoms with Gasteiger partial charge in [0.2, 0.25) is 0 Å². The number of aryl methyl sites for hydroxylation is 1. The zero-order valence-corrected chi connectivity index (χ0v) is 9.87. The maximum absolute atomic E-state index is 13.1. The lowest BCUT2D eigenvalue weighted by Gasteiger charge is -2.21. The molecule has 1 aliphatic heterocycles. The maximum Gasteiger partial charge on any atom is 0.137 e. The minimum Gasteiger partial charge on any atom is -0.461 e. The standard InChI is InChI=1S/C14H15FNO/c1-9-14(10-4-6-16-7-5-10)12-3-2-11(15)8-13(12)17-9/h2-3,8,10H,4-7H2,1H3. The zero-order chi connectivity index (χ0) is 11.8. The highest BCUT2D eigenvalue weighted by Crippen LogP contribution is 2.36. The molecule has 2 nitrogen and oxygen atoms in total. The third-order valence-electron chi connectivity index (χ3n) is 3.56. The Labute approximate surface area is 99.8 Å². The van der Waals surface area contributed by atoms with Gasteiger partial charge in [0, 0.05) is 30.1 Å². The van der Waals surface area contributed by atoms with E-state index in [1.807, 2.05) is 13.0 Å². The van der Waals surface area contributed by atoms with Crippen molar-refractivity contribution in [3.05, 3.63) is 35.3 Å². The van der Waals surface area contributed by atoms with E-state index in [9.17, 15) is 4.39 Å². The first-order valence-corrected chi connectivity index (χ1v) is 6.07. The van der Waals surface area contributed by atoms with E-state index in [0.29, 0.717) is 11.5 Å². The fraction of sp³-hybridized carbons (Fsp3) is 0.429. The summed E-state index contributed by atoms with van der Waals surface area (Å²) in [5.41, 5.74) is 1.93. The van der Waals surface area contributed by atoms with Crippen LogP contribution in [0.25, 0.3) is 11.0 Å². The van der Waals surface area contributed by atoms with Crippen LogP contribution in [0.4, 0.5) is 4.39 Å². The first kappa shape index (κ1) is 10.8. The van der Waals surface area contributed by atoms with E-state index in [4.69, 9.17) is 4.42 Å². The van der Waals surface area contributed by atoms with E-state index in [1.165, 1.54) is 17.7 Å². The second kappa shape index (κ2) is 4.15. The zero-order valence-electron chi connectivity index (χ0n) is 9.87. The van der Waals surface area contributed by atoms with E-state index < -0.39 is 0 Å². The van der Waals surface area contributed by atoms with E-state index in [0.717, 1.165) is 37.1 Å². The van der Waals surface area contributed by atoms with Gasteiger partial charge in [0.15, 0.2) is 0 Å². The maximum atomic E-state index is 13.1. The summed E-state index contributed by atoms with van der Waals surface area (Å²) >= 11 is 0. The number of fused-ring (bicyclic) bond motifs is 1. The second-order valence-corrected chi connectivity index (χ2v) is 4.66. The van der Waals surface area contributed by atoms with Gasteiger partial charge in [-0.2, -0.15) is 0 Å². The summed E-state index contributed by atoms with van der Waals surface area (Å²) in [5, 5.41) is 5.44. The van der Waals surface area contributed by atoms with Crippen LogP contribution >= 0.6 is 0 Å². The molecule has 1 aromatic heterocycles. The fourth-order valence-electron chi connectivity index (χ4n) is 2.76. The van der Waals surface area contributed by atoms with Gasteiger partial charge < -0.3 is 4.42 Å². The smallest absolute Gasteiger partial charge is 0.137 e. The van der Waals surface area contributed by atoms with E-state index in [-0.39, 0.29) is 5.82 Å². The normalized spacial score (nSPS) is 17.8. The lowest BCUT2D eigenvalue weighted by molar-refractivity contribution is 0.446. The van der Waals surface area contributed by atoms with Gasteiger partial charge in [-0.3, -0.25) is 0 Å². The third-order valence-corrected chi connectivity index (χ3v) is 3.56. The van der Waals surface area contributed by atoms with Gasteiger partial charge in [0.1, 0.15) is 17.2 Å². The molecule has 0 unspecified atom stereocenters. The molecule has 0 saturated carbocycles. The van der Waals surface area contributed by atoms with Gasteiger partial charge in [0.05, 0.1) is 0 Å². The Bertz CT molecular complexity index is 540. The Morgan fingerprint density at radius 2 is 2.06 bits per heavy atom. The number of nitrogens with zero attached hydrogens (tertiary/aromatic N) is 1. The summed E-state index contributed by atoms with van der Waals surface area (Å²) in [6, 6.07) is 4.81. The Kier molecular flexibility index (Phi) is 2.63. The molecule has 0 aliphatic carbocycles. The minimum atomic E-state index is -0.239. The van der Waals surface area contributed by atoms with Crippen LogP contribution in [0.2, 0.25) is 0 Å². The Morgan fingerprint density at radius 3 is 2.82 bits per heavy atom. The van der Waals surface area contributed by atoms with Crippen molar-refractivity contribution < 1.29 is 8.81 Å². The van der Waals surface area contributed by atoms with Crippen molar-refractivity contribution in [1.29, 1.82) is 0 Å². The first-order chi connectivity index (χ1) is 8.25. The number of benzene rings is 1. The van der Waals surface area contributed by atoms with Crippen molar-refractivity contribution in [3.8, 4) is 0 Å². The SMILES string of the molecule is Cc1oc2cc(F)ccc2c1C1CC[N]CC1. The average molecular weight is 232 g/mol. The molecular weight excluding hydrogens is 217 g/mol. The lowest BCUT2D eigenvalue weighted by atomic mass is 9.88. The van der Waals surface area contributed by atoms with Gasteiger partial charge in [-0.1, -0.05) is 0 Å². The Balaban J connectivity index is 2.11. The van der Waals surface area contributed by atoms with Gasteiger partial charge in [-0.15, -0.1) is 0 Å². The van der Waals surface area contributed by atoms with Crippen molar-refractivity contribution in [3.63, 3.8) is 0 Å². The van der Waals surface area contributed by atoms with Crippen LogP contribution in [0.15, 0.2) is 22.6 Å². The monoisotopic (exact) mass is 232 g/mol. The summed E-state index contributed by atoms with van der Waals surface area (Å²) in [6.45, 7) is 3.83. The molecule has 1 aliphatic rings. The molecule has 17 heavy (non-hydrogen) atoms. The molecule has 89 valence electrons. The van der Waals surface area contributed by atoms with Crippen LogP contribution in [0.5, 0.6) is 0 Å². The van der Waals surface area contributed by atoms with Crippen LogP contribution in [-0.4, -0.2) is 13.1 Å². The second-order valence-electron chi connectivity index (χ2n) is 4.66. The van der Waals surface area contributed by atoms with Crippen molar-refractivity contribution in [1.82, 2.24) is 5.32 Å². The largest absolute Gasteiger partial charge is 0.461 e. The molecule has 1 saturated heterocycles. The number of hydrogen-bond acceptors (Lipinski definition) is 1. The number of piperidine rings is 1. The Morgan fingerprint density at radius 1 is 1.29 bits per heavy atom. The molecule has 0 bridgehead atoms. The van der Waals surface area contributed by atoms with E-state index >= 15 is 0 Å². The summed E-state index contributed by atoms with van der Waals surface area (Å²) in [4.78, 5) is 0. The van der Waals surface area contributed by atoms with Crippen LogP contribution < -0.4 is 5.32 Å². The van der Waals surface area contributed by atoms with Gasteiger partial charge in [-0.05, 0) is 37.8 Å². The highest BCUT2D eigenvalue weighted by molar-refractivity contribution is 5.83. The quantitative estimate of drug-likeness (QED) is 0.740. The molecule has 3 heteroatoms. The highest BCUT2D eigenvalue weighted by atomic mass is 19.1. The van der Waals surface area contributed by atoms with Gasteiger partial charge >= 0.3 is 0 Å². The predicted molar refractivity (Wildman–Crippen MR) is 64.8 cm³/mol. The molecule has 1 aromatic carbocycles. The van der Waals surface area contributed by atoms with Crippen molar-refractivity contribution in [2.45, 2.75) is 25.7 Å². The topological polar surface area (TPSA) is 27.2 Å². The summed E-state index contributed by atoms with van der Waals surface area (Å²) in [7, 11) is 0. The minimum absolute atomic E-state index is 0.239. The van der Waals surface area contributed by atoms with Crippen molar-refractivity contribution in [2.24, 2.45) is 0 Å². The molecule has 3 rings (SSSR count). The lowest BCUT2D eigenvalue weighted by Crippen LogP contribution is -2.21. The molecule has 0 atom stereocenters. The van der Waals surface area contributed by atoms with Crippen LogP contribution in [0.3, 0.4) is 0 Å². The summed E-state index contributed by atoms with van der Waals surface area (Å²) in [6.07, 6.45) is 2.15.